The van der Waals surface area contributed by atoms with Crippen molar-refractivity contribution in [1.29, 1.82) is 0 Å². The molecule has 0 aromatic heterocycles. The van der Waals surface area contributed by atoms with Gasteiger partial charge in [0.2, 0.25) is 0 Å². The van der Waals surface area contributed by atoms with Crippen LogP contribution in [0.2, 0.25) is 6.04 Å². The Labute approximate surface area is 164 Å². The first-order valence-corrected chi connectivity index (χ1v) is 15.7. The monoisotopic (exact) mass is 416 g/mol. The third-order valence-electron chi connectivity index (χ3n) is 3.72. The minimum atomic E-state index is -2.49. The lowest BCUT2D eigenvalue weighted by atomic mass is 10.2. The number of rotatable bonds is 14. The third kappa shape index (κ3) is 14.8. The lowest BCUT2D eigenvalue weighted by molar-refractivity contribution is 0.282. The van der Waals surface area contributed by atoms with Crippen molar-refractivity contribution >= 4 is 38.1 Å². The number of unbranched alkanes of at least 4 members (excludes halogenated alkanes) is 3. The molecule has 25 heavy (non-hydrogen) atoms. The van der Waals surface area contributed by atoms with Crippen LogP contribution in [0.1, 0.15) is 74.1 Å². The summed E-state index contributed by atoms with van der Waals surface area (Å²) in [5.41, 5.74) is 10.8. The second kappa shape index (κ2) is 15.1. The van der Waals surface area contributed by atoms with Gasteiger partial charge in [-0.3, -0.25) is 0 Å². The molecule has 146 valence electrons. The van der Waals surface area contributed by atoms with Crippen LogP contribution in [0.25, 0.3) is 0 Å². The van der Waals surface area contributed by atoms with Gasteiger partial charge in [0.25, 0.3) is 0 Å². The molecule has 0 bridgehead atoms. The van der Waals surface area contributed by atoms with Gasteiger partial charge < -0.3 is 12.3 Å². The van der Waals surface area contributed by atoms with E-state index in [1.807, 2.05) is 0 Å². The average Bonchev–Trinajstić information content (AvgIpc) is 2.50. The highest BCUT2D eigenvalue weighted by Gasteiger charge is 2.38. The molecule has 0 saturated carbocycles. The van der Waals surface area contributed by atoms with Crippen molar-refractivity contribution in [2.24, 2.45) is 0 Å². The van der Waals surface area contributed by atoms with E-state index in [4.69, 9.17) is 12.3 Å². The van der Waals surface area contributed by atoms with E-state index in [0.29, 0.717) is 0 Å². The summed E-state index contributed by atoms with van der Waals surface area (Å²) >= 11 is 0. The highest BCUT2D eigenvalue weighted by atomic mass is 28.5. The second-order valence-electron chi connectivity index (χ2n) is 7.27. The maximum Gasteiger partial charge on any atom is 0.469 e. The molecule has 0 radical (unpaired) electrons. The molecule has 0 unspecified atom stereocenters. The normalized spacial score (nSPS) is 14.5. The largest absolute Gasteiger partial charge is 0.469 e. The fraction of sp³-hybridized carbons (Fsp3) is 0.667. The zero-order chi connectivity index (χ0) is 19.1. The molecular formula is C18H40O3Si4. The van der Waals surface area contributed by atoms with E-state index in [0.717, 1.165) is 12.5 Å². The van der Waals surface area contributed by atoms with Crippen LogP contribution in [-0.4, -0.2) is 38.1 Å². The molecule has 0 amide bonds. The van der Waals surface area contributed by atoms with E-state index in [9.17, 15) is 0 Å². The quantitative estimate of drug-likeness (QED) is 0.320. The van der Waals surface area contributed by atoms with Crippen molar-refractivity contribution in [2.45, 2.75) is 80.2 Å². The third-order valence-corrected chi connectivity index (χ3v) is 14.9. The van der Waals surface area contributed by atoms with E-state index < -0.39 is 38.1 Å². The fourth-order valence-electron chi connectivity index (χ4n) is 2.12. The molecule has 0 heterocycles. The Hall–Kier alpha value is -0.0325. The molecule has 0 aliphatic heterocycles. The summed E-state index contributed by atoms with van der Waals surface area (Å²) in [7, 11) is -4.66. The Kier molecular flexibility index (Phi) is 15.0. The molecular weight excluding hydrogens is 377 g/mol. The van der Waals surface area contributed by atoms with Crippen LogP contribution in [0.3, 0.4) is 0 Å². The van der Waals surface area contributed by atoms with Crippen LogP contribution in [-0.2, 0) is 12.3 Å². The summed E-state index contributed by atoms with van der Waals surface area (Å²) in [6.07, 6.45) is 4.95. The van der Waals surface area contributed by atoms with Gasteiger partial charge >= 0.3 is 8.80 Å². The summed E-state index contributed by atoms with van der Waals surface area (Å²) in [6, 6.07) is 0.990. The first-order chi connectivity index (χ1) is 11.8. The summed E-state index contributed by atoms with van der Waals surface area (Å²) in [5.74, 6) is 0. The Morgan fingerprint density at radius 1 is 0.680 bits per heavy atom. The summed E-state index contributed by atoms with van der Waals surface area (Å²) < 4.78 is 19.4. The number of allylic oxidation sites excluding steroid dienone is 3. The Morgan fingerprint density at radius 2 is 1.08 bits per heavy atom. The molecule has 3 nitrogen and oxygen atoms in total. The van der Waals surface area contributed by atoms with Crippen LogP contribution < -0.4 is 0 Å². The van der Waals surface area contributed by atoms with Gasteiger partial charge in [0.1, 0.15) is 0 Å². The van der Waals surface area contributed by atoms with Crippen LogP contribution in [0, 0.1) is 0 Å². The maximum atomic E-state index is 6.45. The van der Waals surface area contributed by atoms with Gasteiger partial charge in [-0.25, -0.2) is 0 Å². The van der Waals surface area contributed by atoms with E-state index in [1.54, 1.807) is 0 Å². The second-order valence-corrected chi connectivity index (χ2v) is 14.8. The first kappa shape index (κ1) is 25.0. The van der Waals surface area contributed by atoms with E-state index >= 15 is 0 Å². The highest BCUT2D eigenvalue weighted by Crippen LogP contribution is 2.20. The van der Waals surface area contributed by atoms with Crippen molar-refractivity contribution in [3.8, 4) is 0 Å². The van der Waals surface area contributed by atoms with Gasteiger partial charge in [-0.15, -0.1) is 0 Å². The Balaban J connectivity index is 5.07. The Morgan fingerprint density at radius 3 is 1.40 bits per heavy atom. The molecule has 0 atom stereocenters. The zero-order valence-electron chi connectivity index (χ0n) is 17.6. The minimum absolute atomic E-state index is 0.722. The summed E-state index contributed by atoms with van der Waals surface area (Å²) in [5, 5.41) is 0. The van der Waals surface area contributed by atoms with Gasteiger partial charge in [0.05, 0.1) is 0 Å². The van der Waals surface area contributed by atoms with Crippen LogP contribution in [0.4, 0.5) is 0 Å². The van der Waals surface area contributed by atoms with Gasteiger partial charge in [0.15, 0.2) is 29.3 Å². The molecule has 0 aliphatic carbocycles. The summed E-state index contributed by atoms with van der Waals surface area (Å²) in [6.45, 7) is 15.1. The highest BCUT2D eigenvalue weighted by molar-refractivity contribution is 6.75. The smallest absolute Gasteiger partial charge is 0.418 e. The molecule has 0 N–H and O–H groups in total. The van der Waals surface area contributed by atoms with Gasteiger partial charge in [-0.2, -0.15) is 0 Å². The lowest BCUT2D eigenvalue weighted by Gasteiger charge is -2.30. The standard InChI is InChI=1S/C18H40O3Si4/c1-8-9-10-11-12-25(19-22-13-16(2)3,20-23-14-17(4)5)21-24-15-18(6)7/h13-15H,8-12,22-24H2,1-7H3. The Bertz CT molecular complexity index is 381. The zero-order valence-corrected chi connectivity index (χ0v) is 22.9. The lowest BCUT2D eigenvalue weighted by Crippen LogP contribution is -2.48. The van der Waals surface area contributed by atoms with Gasteiger partial charge in [-0.05, 0) is 48.0 Å². The molecule has 0 spiro atoms. The predicted octanol–water partition coefficient (Wildman–Crippen LogP) is 3.58. The van der Waals surface area contributed by atoms with Crippen molar-refractivity contribution in [2.75, 3.05) is 0 Å². The topological polar surface area (TPSA) is 27.7 Å². The van der Waals surface area contributed by atoms with E-state index in [-0.39, 0.29) is 0 Å². The first-order valence-electron chi connectivity index (χ1n) is 9.63. The van der Waals surface area contributed by atoms with Crippen LogP contribution >= 0.6 is 0 Å². The van der Waals surface area contributed by atoms with E-state index in [2.05, 4.69) is 65.6 Å². The summed E-state index contributed by atoms with van der Waals surface area (Å²) in [4.78, 5) is 0. The number of hydrogen-bond donors (Lipinski definition) is 0. The molecule has 0 aromatic carbocycles. The predicted molar refractivity (Wildman–Crippen MR) is 122 cm³/mol. The average molecular weight is 417 g/mol. The van der Waals surface area contributed by atoms with Crippen LogP contribution in [0.5, 0.6) is 0 Å². The van der Waals surface area contributed by atoms with Crippen molar-refractivity contribution in [3.05, 3.63) is 33.8 Å². The van der Waals surface area contributed by atoms with Crippen molar-refractivity contribution in [1.82, 2.24) is 0 Å². The molecule has 0 saturated heterocycles. The maximum absolute atomic E-state index is 6.45. The molecule has 0 fully saturated rings. The fourth-order valence-corrected chi connectivity index (χ4v) is 12.8. The van der Waals surface area contributed by atoms with Gasteiger partial charge in [-0.1, -0.05) is 60.0 Å². The molecule has 0 aromatic rings. The minimum Gasteiger partial charge on any atom is -0.418 e. The number of hydrogen-bond acceptors (Lipinski definition) is 3. The van der Waals surface area contributed by atoms with Crippen molar-refractivity contribution < 1.29 is 12.3 Å². The molecule has 7 heteroatoms. The van der Waals surface area contributed by atoms with Gasteiger partial charge in [0, 0.05) is 6.04 Å². The van der Waals surface area contributed by atoms with Crippen LogP contribution in [0.15, 0.2) is 33.8 Å². The SMILES string of the molecule is CCCCCC[Si](O[SiH2]C=C(C)C)(O[SiH2]C=C(C)C)O[SiH2]C=C(C)C. The molecule has 0 aliphatic rings. The van der Waals surface area contributed by atoms with Crippen molar-refractivity contribution in [3.63, 3.8) is 0 Å². The van der Waals surface area contributed by atoms with E-state index in [1.165, 1.54) is 36.0 Å². The molecule has 0 rings (SSSR count).